The number of amides is 1. The first-order valence-corrected chi connectivity index (χ1v) is 12.5. The van der Waals surface area contributed by atoms with Crippen LogP contribution in [0.25, 0.3) is 11.4 Å². The zero-order valence-corrected chi connectivity index (χ0v) is 22.6. The minimum absolute atomic E-state index is 0.0808. The Morgan fingerprint density at radius 2 is 1.69 bits per heavy atom. The van der Waals surface area contributed by atoms with Gasteiger partial charge in [-0.05, 0) is 17.9 Å². The van der Waals surface area contributed by atoms with Gasteiger partial charge in [0.2, 0.25) is 0 Å². The molecule has 0 saturated carbocycles. The lowest BCUT2D eigenvalue weighted by atomic mass is 9.87. The summed E-state index contributed by atoms with van der Waals surface area (Å²) in [4.78, 5) is 12.4. The van der Waals surface area contributed by atoms with E-state index in [0.717, 1.165) is 11.4 Å². The number of hydrazone groups is 1. The van der Waals surface area contributed by atoms with Crippen molar-refractivity contribution in [2.24, 2.45) is 5.10 Å². The molecule has 0 spiro atoms. The maximum absolute atomic E-state index is 12.4. The molecule has 1 amide bonds. The fourth-order valence-corrected chi connectivity index (χ4v) is 4.30. The van der Waals surface area contributed by atoms with Crippen LogP contribution >= 0.6 is 11.8 Å². The lowest BCUT2D eigenvalue weighted by Crippen LogP contribution is -2.20. The van der Waals surface area contributed by atoms with Crippen molar-refractivity contribution in [1.29, 1.82) is 0 Å². The normalized spacial score (nSPS) is 11.5. The van der Waals surface area contributed by atoms with Crippen molar-refractivity contribution in [3.05, 3.63) is 47.5 Å². The van der Waals surface area contributed by atoms with E-state index in [1.165, 1.54) is 37.8 Å². The number of methoxy groups -OCH3 is 3. The molecule has 0 fully saturated rings. The average molecular weight is 512 g/mol. The van der Waals surface area contributed by atoms with Crippen LogP contribution < -0.4 is 19.6 Å². The van der Waals surface area contributed by atoms with Crippen molar-refractivity contribution in [3.63, 3.8) is 0 Å². The summed E-state index contributed by atoms with van der Waals surface area (Å²) in [7, 11) is 4.64. The molecule has 0 aliphatic heterocycles. The van der Waals surface area contributed by atoms with E-state index in [9.17, 15) is 4.79 Å². The van der Waals surface area contributed by atoms with Crippen molar-refractivity contribution in [1.82, 2.24) is 20.2 Å². The Morgan fingerprint density at radius 3 is 2.22 bits per heavy atom. The van der Waals surface area contributed by atoms with Crippen LogP contribution in [0.15, 0.2) is 46.7 Å². The average Bonchev–Trinajstić information content (AvgIpc) is 3.29. The summed E-state index contributed by atoms with van der Waals surface area (Å²) in [6, 6.07) is 11.8. The van der Waals surface area contributed by atoms with Gasteiger partial charge in [0.05, 0.1) is 38.9 Å². The Bertz CT molecular complexity index is 1190. The van der Waals surface area contributed by atoms with Gasteiger partial charge in [0.1, 0.15) is 17.2 Å². The Labute approximate surface area is 216 Å². The van der Waals surface area contributed by atoms with Gasteiger partial charge in [0.25, 0.3) is 5.91 Å². The Morgan fingerprint density at radius 1 is 1.06 bits per heavy atom. The van der Waals surface area contributed by atoms with Crippen molar-refractivity contribution in [3.8, 4) is 28.6 Å². The number of rotatable bonds is 10. The van der Waals surface area contributed by atoms with Crippen LogP contribution in [0.1, 0.15) is 38.8 Å². The number of nitrogens with zero attached hydrogens (tertiary/aromatic N) is 4. The molecule has 0 saturated heterocycles. The van der Waals surface area contributed by atoms with Crippen LogP contribution in [0.2, 0.25) is 0 Å². The first kappa shape index (κ1) is 27.1. The summed E-state index contributed by atoms with van der Waals surface area (Å²) < 4.78 is 18.0. The zero-order valence-electron chi connectivity index (χ0n) is 21.8. The van der Waals surface area contributed by atoms with Crippen LogP contribution in [0.5, 0.6) is 17.2 Å². The van der Waals surface area contributed by atoms with Gasteiger partial charge < -0.3 is 18.8 Å². The van der Waals surface area contributed by atoms with Crippen LogP contribution in [-0.2, 0) is 16.8 Å². The highest BCUT2D eigenvalue weighted by Gasteiger charge is 2.17. The van der Waals surface area contributed by atoms with Gasteiger partial charge in [-0.1, -0.05) is 56.8 Å². The molecule has 10 heteroatoms. The van der Waals surface area contributed by atoms with Crippen LogP contribution in [0.3, 0.4) is 0 Å². The molecular formula is C26H33N5O4S. The molecular weight excluding hydrogens is 478 g/mol. The summed E-state index contributed by atoms with van der Waals surface area (Å²) >= 11 is 1.31. The molecule has 3 aromatic rings. The second-order valence-corrected chi connectivity index (χ2v) is 9.85. The zero-order chi connectivity index (χ0) is 26.3. The number of aromatic nitrogens is 3. The summed E-state index contributed by atoms with van der Waals surface area (Å²) in [5.41, 5.74) is 5.45. The quantitative estimate of drug-likeness (QED) is 0.242. The summed E-state index contributed by atoms with van der Waals surface area (Å²) in [5.74, 6) is 2.25. The second-order valence-electron chi connectivity index (χ2n) is 8.91. The number of hydrogen-bond acceptors (Lipinski definition) is 8. The van der Waals surface area contributed by atoms with E-state index in [0.29, 0.717) is 34.5 Å². The van der Waals surface area contributed by atoms with Gasteiger partial charge in [0.15, 0.2) is 11.0 Å². The van der Waals surface area contributed by atoms with Crippen molar-refractivity contribution >= 4 is 23.9 Å². The predicted molar refractivity (Wildman–Crippen MR) is 142 cm³/mol. The molecule has 0 aliphatic rings. The topological polar surface area (TPSA) is 99.9 Å². The van der Waals surface area contributed by atoms with E-state index >= 15 is 0 Å². The first-order chi connectivity index (χ1) is 17.2. The lowest BCUT2D eigenvalue weighted by Gasteiger charge is -2.19. The van der Waals surface area contributed by atoms with E-state index in [1.807, 2.05) is 11.5 Å². The lowest BCUT2D eigenvalue weighted by molar-refractivity contribution is -0.118. The Balaban J connectivity index is 1.66. The fraction of sp³-hybridized carbons (Fsp3) is 0.385. The molecule has 1 N–H and O–H groups in total. The number of carbonyl (C=O) groups excluding carboxylic acids is 1. The summed E-state index contributed by atoms with van der Waals surface area (Å²) in [5, 5.41) is 13.4. The van der Waals surface area contributed by atoms with Gasteiger partial charge in [0, 0.05) is 24.2 Å². The van der Waals surface area contributed by atoms with E-state index < -0.39 is 0 Å². The third-order valence-electron chi connectivity index (χ3n) is 5.51. The van der Waals surface area contributed by atoms with Crippen LogP contribution in [0.4, 0.5) is 0 Å². The molecule has 9 nitrogen and oxygen atoms in total. The minimum Gasteiger partial charge on any atom is -0.496 e. The molecule has 3 rings (SSSR count). The summed E-state index contributed by atoms with van der Waals surface area (Å²) in [6.07, 6.45) is 1.48. The minimum atomic E-state index is -0.274. The number of benzene rings is 2. The SMILES string of the molecule is CCn1c(SCC(=O)N/N=C\c2c(OC)cc(OC)cc2OC)nnc1-c1ccc(C(C)(C)C)cc1. The number of hydrogen-bond donors (Lipinski definition) is 1. The molecule has 0 aliphatic carbocycles. The number of nitrogens with one attached hydrogen (secondary N) is 1. The maximum Gasteiger partial charge on any atom is 0.250 e. The molecule has 0 unspecified atom stereocenters. The molecule has 1 heterocycles. The molecule has 36 heavy (non-hydrogen) atoms. The first-order valence-electron chi connectivity index (χ1n) is 11.5. The van der Waals surface area contributed by atoms with Crippen molar-refractivity contribution < 1.29 is 19.0 Å². The number of carbonyl (C=O) groups is 1. The molecule has 0 radical (unpaired) electrons. The summed E-state index contributed by atoms with van der Waals surface area (Å²) in [6.45, 7) is 9.27. The maximum atomic E-state index is 12.4. The predicted octanol–water partition coefficient (Wildman–Crippen LogP) is 4.53. The Hall–Kier alpha value is -3.53. The molecule has 0 atom stereocenters. The third-order valence-corrected chi connectivity index (χ3v) is 6.48. The standard InChI is InChI=1S/C26H33N5O4S/c1-8-31-24(17-9-11-18(12-10-17)26(2,3)4)29-30-25(31)36-16-23(32)28-27-15-20-21(34-6)13-19(33-5)14-22(20)35-7/h9-15H,8,16H2,1-7H3,(H,28,32)/b27-15-. The smallest absolute Gasteiger partial charge is 0.250 e. The van der Waals surface area contributed by atoms with Crippen molar-refractivity contribution in [2.75, 3.05) is 27.1 Å². The van der Waals surface area contributed by atoms with Gasteiger partial charge in [-0.25, -0.2) is 5.43 Å². The van der Waals surface area contributed by atoms with Gasteiger partial charge in [-0.2, -0.15) is 5.10 Å². The van der Waals surface area contributed by atoms with E-state index in [-0.39, 0.29) is 17.1 Å². The van der Waals surface area contributed by atoms with Crippen LogP contribution in [-0.4, -0.2) is 54.0 Å². The van der Waals surface area contributed by atoms with Crippen molar-refractivity contribution in [2.45, 2.75) is 44.8 Å². The fourth-order valence-electron chi connectivity index (χ4n) is 3.50. The van der Waals surface area contributed by atoms with E-state index in [1.54, 1.807) is 19.2 Å². The van der Waals surface area contributed by atoms with Gasteiger partial charge in [-0.3, -0.25) is 4.79 Å². The van der Waals surface area contributed by atoms with Crippen LogP contribution in [0, 0.1) is 0 Å². The Kier molecular flexibility index (Phi) is 8.98. The largest absolute Gasteiger partial charge is 0.496 e. The van der Waals surface area contributed by atoms with E-state index in [4.69, 9.17) is 14.2 Å². The highest BCUT2D eigenvalue weighted by molar-refractivity contribution is 7.99. The molecule has 1 aromatic heterocycles. The number of ether oxygens (including phenoxy) is 3. The van der Waals surface area contributed by atoms with E-state index in [2.05, 4.69) is 65.8 Å². The molecule has 0 bridgehead atoms. The molecule has 2 aromatic carbocycles. The highest BCUT2D eigenvalue weighted by Crippen LogP contribution is 2.32. The highest BCUT2D eigenvalue weighted by atomic mass is 32.2. The molecule has 192 valence electrons. The third kappa shape index (κ3) is 6.37. The van der Waals surface area contributed by atoms with Gasteiger partial charge >= 0.3 is 0 Å². The number of thioether (sulfide) groups is 1. The van der Waals surface area contributed by atoms with Gasteiger partial charge in [-0.15, -0.1) is 10.2 Å². The monoisotopic (exact) mass is 511 g/mol. The second kappa shape index (κ2) is 11.9.